The van der Waals surface area contributed by atoms with Crippen molar-refractivity contribution in [2.24, 2.45) is 0 Å². The van der Waals surface area contributed by atoms with Gasteiger partial charge < -0.3 is 15.3 Å². The fourth-order valence-electron chi connectivity index (χ4n) is 3.11. The Morgan fingerprint density at radius 2 is 1.91 bits per heavy atom. The first-order chi connectivity index (χ1) is 11.1. The zero-order chi connectivity index (χ0) is 16.2. The lowest BCUT2D eigenvalue weighted by Crippen LogP contribution is -2.36. The Bertz CT molecular complexity index is 653. The van der Waals surface area contributed by atoms with Crippen LogP contribution < -0.4 is 10.2 Å². The number of anilines is 3. The summed E-state index contributed by atoms with van der Waals surface area (Å²) in [5, 5.41) is 13.0. The fourth-order valence-corrected chi connectivity index (χ4v) is 3.11. The second kappa shape index (κ2) is 6.96. The van der Waals surface area contributed by atoms with E-state index in [1.165, 1.54) is 5.56 Å². The zero-order valence-corrected chi connectivity index (χ0v) is 13.7. The Balaban J connectivity index is 1.71. The van der Waals surface area contributed by atoms with E-state index in [9.17, 15) is 5.11 Å². The molecule has 1 aromatic carbocycles. The van der Waals surface area contributed by atoms with Gasteiger partial charge in [0.1, 0.15) is 18.0 Å². The summed E-state index contributed by atoms with van der Waals surface area (Å²) in [7, 11) is 2.07. The second-order valence-electron chi connectivity index (χ2n) is 6.33. The molecule has 0 spiro atoms. The average Bonchev–Trinajstić information content (AvgIpc) is 2.55. The van der Waals surface area contributed by atoms with Crippen LogP contribution in [0.25, 0.3) is 0 Å². The van der Waals surface area contributed by atoms with Gasteiger partial charge in [0, 0.05) is 24.8 Å². The summed E-state index contributed by atoms with van der Waals surface area (Å²) >= 11 is 0. The van der Waals surface area contributed by atoms with Gasteiger partial charge in [-0.3, -0.25) is 0 Å². The summed E-state index contributed by atoms with van der Waals surface area (Å²) in [4.78, 5) is 10.9. The van der Waals surface area contributed by atoms with Crippen molar-refractivity contribution < 1.29 is 5.11 Å². The summed E-state index contributed by atoms with van der Waals surface area (Å²) in [5.74, 6) is 1.71. The molecular weight excluding hydrogens is 288 g/mol. The van der Waals surface area contributed by atoms with Crippen LogP contribution in [-0.2, 0) is 0 Å². The van der Waals surface area contributed by atoms with Gasteiger partial charge in [0.05, 0.1) is 6.10 Å². The summed E-state index contributed by atoms with van der Waals surface area (Å²) in [6.45, 7) is 2.07. The summed E-state index contributed by atoms with van der Waals surface area (Å²) < 4.78 is 0. The number of aliphatic hydroxyl groups excluding tert-OH is 1. The minimum Gasteiger partial charge on any atom is -0.393 e. The molecule has 1 aromatic heterocycles. The minimum absolute atomic E-state index is 0.136. The Morgan fingerprint density at radius 3 is 2.65 bits per heavy atom. The van der Waals surface area contributed by atoms with Crippen molar-refractivity contribution in [1.82, 2.24) is 9.97 Å². The van der Waals surface area contributed by atoms with Crippen molar-refractivity contribution in [2.45, 2.75) is 44.8 Å². The molecule has 1 saturated carbocycles. The maximum Gasteiger partial charge on any atom is 0.135 e. The van der Waals surface area contributed by atoms with Crippen LogP contribution in [0.1, 0.15) is 31.2 Å². The molecule has 0 atom stereocenters. The highest BCUT2D eigenvalue weighted by Crippen LogP contribution is 2.26. The number of aryl methyl sites for hydroxylation is 1. The van der Waals surface area contributed by atoms with E-state index in [-0.39, 0.29) is 6.10 Å². The quantitative estimate of drug-likeness (QED) is 0.907. The number of nitrogens with one attached hydrogen (secondary N) is 1. The summed E-state index contributed by atoms with van der Waals surface area (Å²) in [6, 6.07) is 10.6. The van der Waals surface area contributed by atoms with Gasteiger partial charge in [0.15, 0.2) is 0 Å². The van der Waals surface area contributed by atoms with E-state index in [1.54, 1.807) is 6.33 Å². The van der Waals surface area contributed by atoms with Gasteiger partial charge in [-0.15, -0.1) is 0 Å². The first-order valence-electron chi connectivity index (χ1n) is 8.18. The van der Waals surface area contributed by atoms with Gasteiger partial charge >= 0.3 is 0 Å². The van der Waals surface area contributed by atoms with E-state index in [1.807, 2.05) is 18.2 Å². The van der Waals surface area contributed by atoms with E-state index in [0.29, 0.717) is 6.04 Å². The number of aromatic nitrogens is 2. The van der Waals surface area contributed by atoms with Crippen LogP contribution in [0.4, 0.5) is 17.3 Å². The highest BCUT2D eigenvalue weighted by molar-refractivity contribution is 5.59. The maximum atomic E-state index is 9.66. The number of hydrogen-bond acceptors (Lipinski definition) is 5. The number of rotatable bonds is 4. The molecule has 0 radical (unpaired) electrons. The van der Waals surface area contributed by atoms with Crippen LogP contribution in [0.2, 0.25) is 0 Å². The molecule has 5 nitrogen and oxygen atoms in total. The molecule has 0 aliphatic heterocycles. The predicted molar refractivity (Wildman–Crippen MR) is 93.2 cm³/mol. The first kappa shape index (κ1) is 15.7. The zero-order valence-electron chi connectivity index (χ0n) is 13.7. The van der Waals surface area contributed by atoms with E-state index in [2.05, 4.69) is 46.3 Å². The van der Waals surface area contributed by atoms with Crippen molar-refractivity contribution in [1.29, 1.82) is 0 Å². The Hall–Kier alpha value is -2.14. The van der Waals surface area contributed by atoms with Crippen molar-refractivity contribution in [3.63, 3.8) is 0 Å². The van der Waals surface area contributed by atoms with Gasteiger partial charge in [-0.1, -0.05) is 12.1 Å². The Labute approximate surface area is 137 Å². The highest BCUT2D eigenvalue weighted by Gasteiger charge is 2.23. The van der Waals surface area contributed by atoms with Crippen LogP contribution in [0, 0.1) is 6.92 Å². The van der Waals surface area contributed by atoms with Crippen molar-refractivity contribution in [3.05, 3.63) is 42.2 Å². The fraction of sp³-hybridized carbons (Fsp3) is 0.444. The molecule has 0 unspecified atom stereocenters. The van der Waals surface area contributed by atoms with Crippen molar-refractivity contribution in [2.75, 3.05) is 17.3 Å². The summed E-state index contributed by atoms with van der Waals surface area (Å²) in [6.07, 6.45) is 5.21. The van der Waals surface area contributed by atoms with E-state index < -0.39 is 0 Å². The molecule has 122 valence electrons. The topological polar surface area (TPSA) is 61.3 Å². The first-order valence-corrected chi connectivity index (χ1v) is 8.18. The highest BCUT2D eigenvalue weighted by atomic mass is 16.3. The standard InChI is InChI=1S/C18H24N4O/c1-13-4-3-5-14(10-13)21-17-11-18(20-12-19-17)22(2)15-6-8-16(23)9-7-15/h3-5,10-12,15-16,23H,6-9H2,1-2H3,(H,19,20,21)/t15-,16-. The third-order valence-corrected chi connectivity index (χ3v) is 4.52. The van der Waals surface area contributed by atoms with Gasteiger partial charge in [-0.2, -0.15) is 0 Å². The largest absolute Gasteiger partial charge is 0.393 e. The lowest BCUT2D eigenvalue weighted by Gasteiger charge is -2.33. The molecule has 1 heterocycles. The SMILES string of the molecule is Cc1cccc(Nc2cc(N(C)[C@H]3CC[C@H](O)CC3)ncn2)c1. The van der Waals surface area contributed by atoms with Crippen molar-refractivity contribution >= 4 is 17.3 Å². The third-order valence-electron chi connectivity index (χ3n) is 4.52. The molecule has 0 bridgehead atoms. The van der Waals surface area contributed by atoms with Crippen LogP contribution >= 0.6 is 0 Å². The van der Waals surface area contributed by atoms with E-state index in [4.69, 9.17) is 0 Å². The molecule has 2 aromatic rings. The molecular formula is C18H24N4O. The Kier molecular flexibility index (Phi) is 4.76. The number of nitrogens with zero attached hydrogens (tertiary/aromatic N) is 3. The monoisotopic (exact) mass is 312 g/mol. The lowest BCUT2D eigenvalue weighted by molar-refractivity contribution is 0.122. The number of hydrogen-bond donors (Lipinski definition) is 2. The van der Waals surface area contributed by atoms with E-state index >= 15 is 0 Å². The molecule has 5 heteroatoms. The summed E-state index contributed by atoms with van der Waals surface area (Å²) in [5.41, 5.74) is 2.24. The lowest BCUT2D eigenvalue weighted by atomic mass is 9.92. The molecule has 1 aliphatic carbocycles. The molecule has 1 fully saturated rings. The van der Waals surface area contributed by atoms with Crippen molar-refractivity contribution in [3.8, 4) is 0 Å². The van der Waals surface area contributed by atoms with Gasteiger partial charge in [-0.25, -0.2) is 9.97 Å². The van der Waals surface area contributed by atoms with Gasteiger partial charge in [0.2, 0.25) is 0 Å². The molecule has 23 heavy (non-hydrogen) atoms. The average molecular weight is 312 g/mol. The molecule has 2 N–H and O–H groups in total. The molecule has 0 saturated heterocycles. The minimum atomic E-state index is -0.136. The van der Waals surface area contributed by atoms with Gasteiger partial charge in [-0.05, 0) is 50.3 Å². The van der Waals surface area contributed by atoms with Crippen LogP contribution in [-0.4, -0.2) is 34.3 Å². The molecule has 3 rings (SSSR count). The Morgan fingerprint density at radius 1 is 1.13 bits per heavy atom. The van der Waals surface area contributed by atoms with Crippen LogP contribution in [0.5, 0.6) is 0 Å². The molecule has 0 amide bonds. The second-order valence-corrected chi connectivity index (χ2v) is 6.33. The van der Waals surface area contributed by atoms with Crippen LogP contribution in [0.3, 0.4) is 0 Å². The van der Waals surface area contributed by atoms with E-state index in [0.717, 1.165) is 43.0 Å². The maximum absolute atomic E-state index is 9.66. The number of benzene rings is 1. The third kappa shape index (κ3) is 3.99. The predicted octanol–water partition coefficient (Wildman–Crippen LogP) is 3.27. The smallest absolute Gasteiger partial charge is 0.135 e. The normalized spacial score (nSPS) is 21.0. The molecule has 1 aliphatic rings. The number of aliphatic hydroxyl groups is 1. The van der Waals surface area contributed by atoms with Gasteiger partial charge in [0.25, 0.3) is 0 Å². The van der Waals surface area contributed by atoms with Crippen LogP contribution in [0.15, 0.2) is 36.7 Å².